The van der Waals surface area contributed by atoms with Crippen LogP contribution >= 0.6 is 0 Å². The van der Waals surface area contributed by atoms with Crippen molar-refractivity contribution in [1.82, 2.24) is 5.32 Å². The summed E-state index contributed by atoms with van der Waals surface area (Å²) in [7, 11) is 0. The van der Waals surface area contributed by atoms with Gasteiger partial charge in [-0.2, -0.15) is 0 Å². The molecule has 0 aliphatic rings. The summed E-state index contributed by atoms with van der Waals surface area (Å²) in [6.07, 6.45) is 0.940. The SMILES string of the molecule is CCC(=O)C[C@@H](Cc1ccccc1)C(=O)N[C@@H](CC(C)C)C(=O)CCC(=O)O. The lowest BCUT2D eigenvalue weighted by Gasteiger charge is -2.23. The van der Waals surface area contributed by atoms with Crippen LogP contribution in [0.3, 0.4) is 0 Å². The van der Waals surface area contributed by atoms with Gasteiger partial charge in [0.05, 0.1) is 12.5 Å². The highest BCUT2D eigenvalue weighted by molar-refractivity contribution is 5.92. The van der Waals surface area contributed by atoms with Gasteiger partial charge in [-0.05, 0) is 24.3 Å². The zero-order chi connectivity index (χ0) is 21.1. The molecule has 0 radical (unpaired) electrons. The number of Topliss-reactive ketones (excluding diaryl/α,β-unsaturated/α-hetero) is 2. The Morgan fingerprint density at radius 3 is 2.21 bits per heavy atom. The number of rotatable bonds is 13. The van der Waals surface area contributed by atoms with Gasteiger partial charge in [-0.1, -0.05) is 51.1 Å². The van der Waals surface area contributed by atoms with Gasteiger partial charge < -0.3 is 10.4 Å². The molecule has 28 heavy (non-hydrogen) atoms. The van der Waals surface area contributed by atoms with Crippen LogP contribution in [0, 0.1) is 11.8 Å². The molecule has 2 N–H and O–H groups in total. The van der Waals surface area contributed by atoms with E-state index in [0.717, 1.165) is 5.56 Å². The molecule has 0 aliphatic carbocycles. The maximum atomic E-state index is 12.9. The number of hydrogen-bond donors (Lipinski definition) is 2. The highest BCUT2D eigenvalue weighted by Gasteiger charge is 2.27. The third-order valence-electron chi connectivity index (χ3n) is 4.56. The fourth-order valence-electron chi connectivity index (χ4n) is 3.01. The smallest absolute Gasteiger partial charge is 0.303 e. The Morgan fingerprint density at radius 1 is 1.04 bits per heavy atom. The van der Waals surface area contributed by atoms with Gasteiger partial charge >= 0.3 is 5.97 Å². The van der Waals surface area contributed by atoms with Crippen molar-refractivity contribution in [2.75, 3.05) is 0 Å². The summed E-state index contributed by atoms with van der Waals surface area (Å²) < 4.78 is 0. The average molecular weight is 389 g/mol. The van der Waals surface area contributed by atoms with Crippen molar-refractivity contribution >= 4 is 23.4 Å². The van der Waals surface area contributed by atoms with Gasteiger partial charge in [-0.3, -0.25) is 19.2 Å². The van der Waals surface area contributed by atoms with E-state index in [2.05, 4.69) is 5.32 Å². The molecule has 0 fully saturated rings. The molecule has 0 heterocycles. The summed E-state index contributed by atoms with van der Waals surface area (Å²) in [4.78, 5) is 48.1. The molecule has 0 bridgehead atoms. The Kier molecular flexibility index (Phi) is 10.1. The predicted octanol–water partition coefficient (Wildman–Crippen LogP) is 3.18. The van der Waals surface area contributed by atoms with E-state index in [1.807, 2.05) is 44.2 Å². The van der Waals surface area contributed by atoms with Crippen LogP contribution in [0.5, 0.6) is 0 Å². The van der Waals surface area contributed by atoms with Crippen molar-refractivity contribution in [3.63, 3.8) is 0 Å². The molecule has 154 valence electrons. The maximum absolute atomic E-state index is 12.9. The summed E-state index contributed by atoms with van der Waals surface area (Å²) in [5.41, 5.74) is 0.948. The van der Waals surface area contributed by atoms with Crippen LogP contribution in [-0.2, 0) is 25.6 Å². The van der Waals surface area contributed by atoms with Crippen LogP contribution in [0.4, 0.5) is 0 Å². The lowest BCUT2D eigenvalue weighted by Crippen LogP contribution is -2.45. The Bertz CT molecular complexity index is 669. The predicted molar refractivity (Wildman–Crippen MR) is 107 cm³/mol. The van der Waals surface area contributed by atoms with Crippen molar-refractivity contribution in [1.29, 1.82) is 0 Å². The van der Waals surface area contributed by atoms with Crippen LogP contribution < -0.4 is 5.32 Å². The molecule has 1 amide bonds. The summed E-state index contributed by atoms with van der Waals surface area (Å²) in [5.74, 6) is -2.07. The minimum absolute atomic E-state index is 0.00584. The van der Waals surface area contributed by atoms with Crippen molar-refractivity contribution in [2.24, 2.45) is 11.8 Å². The molecule has 0 unspecified atom stereocenters. The van der Waals surface area contributed by atoms with E-state index in [0.29, 0.717) is 19.3 Å². The molecule has 2 atom stereocenters. The third-order valence-corrected chi connectivity index (χ3v) is 4.56. The van der Waals surface area contributed by atoms with E-state index >= 15 is 0 Å². The number of carbonyl (C=O) groups excluding carboxylic acids is 3. The fraction of sp³-hybridized carbons (Fsp3) is 0.545. The van der Waals surface area contributed by atoms with Gasteiger partial charge in [0.1, 0.15) is 5.78 Å². The van der Waals surface area contributed by atoms with Crippen molar-refractivity contribution in [2.45, 2.75) is 65.3 Å². The number of ketones is 2. The first kappa shape index (κ1) is 23.5. The zero-order valence-electron chi connectivity index (χ0n) is 16.9. The minimum atomic E-state index is -1.04. The van der Waals surface area contributed by atoms with Crippen LogP contribution in [0.2, 0.25) is 0 Å². The molecule has 6 heteroatoms. The molecule has 6 nitrogen and oxygen atoms in total. The normalized spacial score (nSPS) is 13.0. The van der Waals surface area contributed by atoms with Gasteiger partial charge in [0.15, 0.2) is 5.78 Å². The summed E-state index contributed by atoms with van der Waals surface area (Å²) in [6.45, 7) is 5.63. The van der Waals surface area contributed by atoms with E-state index in [4.69, 9.17) is 5.11 Å². The Labute approximate surface area is 166 Å². The second-order valence-corrected chi connectivity index (χ2v) is 7.53. The Hall–Kier alpha value is -2.50. The molecule has 0 aliphatic heterocycles. The van der Waals surface area contributed by atoms with Gasteiger partial charge in [0.2, 0.25) is 5.91 Å². The number of aliphatic carboxylic acids is 1. The monoisotopic (exact) mass is 389 g/mol. The maximum Gasteiger partial charge on any atom is 0.303 e. The van der Waals surface area contributed by atoms with Gasteiger partial charge in [0, 0.05) is 25.2 Å². The molecule has 0 spiro atoms. The van der Waals surface area contributed by atoms with Gasteiger partial charge in [0.25, 0.3) is 0 Å². The van der Waals surface area contributed by atoms with Crippen LogP contribution in [0.1, 0.15) is 58.4 Å². The zero-order valence-corrected chi connectivity index (χ0v) is 16.9. The average Bonchev–Trinajstić information content (AvgIpc) is 2.65. The number of nitrogens with one attached hydrogen (secondary N) is 1. The molecule has 0 aromatic heterocycles. The highest BCUT2D eigenvalue weighted by Crippen LogP contribution is 2.16. The van der Waals surface area contributed by atoms with E-state index < -0.39 is 17.9 Å². The number of benzene rings is 1. The fourth-order valence-corrected chi connectivity index (χ4v) is 3.01. The third kappa shape index (κ3) is 8.93. The number of hydrogen-bond acceptors (Lipinski definition) is 4. The molecule has 1 rings (SSSR count). The number of carboxylic acids is 1. The number of carboxylic acid groups (broad SMARTS) is 1. The summed E-state index contributed by atoms with van der Waals surface area (Å²) in [5, 5.41) is 11.6. The second-order valence-electron chi connectivity index (χ2n) is 7.53. The molecule has 0 saturated carbocycles. The van der Waals surface area contributed by atoms with Crippen molar-refractivity contribution in [3.05, 3.63) is 35.9 Å². The number of amides is 1. The van der Waals surface area contributed by atoms with Crippen molar-refractivity contribution in [3.8, 4) is 0 Å². The van der Waals surface area contributed by atoms with Crippen molar-refractivity contribution < 1.29 is 24.3 Å². The van der Waals surface area contributed by atoms with Crippen LogP contribution in [0.15, 0.2) is 30.3 Å². The first-order valence-corrected chi connectivity index (χ1v) is 9.83. The minimum Gasteiger partial charge on any atom is -0.481 e. The Morgan fingerprint density at radius 2 is 1.68 bits per heavy atom. The first-order valence-electron chi connectivity index (χ1n) is 9.83. The van der Waals surface area contributed by atoms with E-state index in [9.17, 15) is 19.2 Å². The molecular formula is C22H31NO5. The van der Waals surface area contributed by atoms with E-state index in [1.165, 1.54) is 0 Å². The first-order chi connectivity index (χ1) is 13.2. The summed E-state index contributed by atoms with van der Waals surface area (Å²) in [6, 6.07) is 8.71. The quantitative estimate of drug-likeness (QED) is 0.540. The molecule has 1 aromatic rings. The molecular weight excluding hydrogens is 358 g/mol. The lowest BCUT2D eigenvalue weighted by molar-refractivity contribution is -0.139. The summed E-state index contributed by atoms with van der Waals surface area (Å²) >= 11 is 0. The van der Waals surface area contributed by atoms with Crippen LogP contribution in [-0.4, -0.2) is 34.6 Å². The van der Waals surface area contributed by atoms with E-state index in [1.54, 1.807) is 6.92 Å². The molecule has 1 aromatic carbocycles. The largest absolute Gasteiger partial charge is 0.481 e. The Balaban J connectivity index is 2.90. The lowest BCUT2D eigenvalue weighted by atomic mass is 9.91. The van der Waals surface area contributed by atoms with Crippen LogP contribution in [0.25, 0.3) is 0 Å². The van der Waals surface area contributed by atoms with E-state index in [-0.39, 0.29) is 42.7 Å². The highest BCUT2D eigenvalue weighted by atomic mass is 16.4. The van der Waals surface area contributed by atoms with Gasteiger partial charge in [-0.25, -0.2) is 0 Å². The molecule has 0 saturated heterocycles. The number of carbonyl (C=O) groups is 4. The standard InChI is InChI=1S/C22H31NO5/c1-4-18(24)14-17(13-16-8-6-5-7-9-16)22(28)23-19(12-15(2)3)20(25)10-11-21(26)27/h5-9,15,17,19H,4,10-14H2,1-3H3,(H,23,28)(H,26,27)/t17-,19+/m1/s1. The topological polar surface area (TPSA) is 101 Å². The van der Waals surface area contributed by atoms with Gasteiger partial charge in [-0.15, -0.1) is 0 Å². The second kappa shape index (κ2) is 12.1.